The van der Waals surface area contributed by atoms with Gasteiger partial charge in [-0.2, -0.15) is 0 Å². The van der Waals surface area contributed by atoms with Gasteiger partial charge < -0.3 is 4.57 Å². The first-order chi connectivity index (χ1) is 13.0. The van der Waals surface area contributed by atoms with Crippen LogP contribution in [0.5, 0.6) is 0 Å². The normalized spacial score (nSPS) is 17.4. The zero-order valence-electron chi connectivity index (χ0n) is 15.6. The SMILES string of the molecule is CCN1Cc2c(n(CCc3ccc(F)cc3)c3c(F)cc(F)cc23)CC1C. The monoisotopic (exact) mass is 372 g/mol. The van der Waals surface area contributed by atoms with Gasteiger partial charge in [0, 0.05) is 42.7 Å². The molecular formula is C22H23F3N2. The van der Waals surface area contributed by atoms with Crippen LogP contribution < -0.4 is 0 Å². The molecule has 0 saturated heterocycles. The van der Waals surface area contributed by atoms with Crippen LogP contribution in [0.15, 0.2) is 36.4 Å². The zero-order valence-corrected chi connectivity index (χ0v) is 15.6. The maximum Gasteiger partial charge on any atom is 0.150 e. The first-order valence-corrected chi connectivity index (χ1v) is 9.45. The Morgan fingerprint density at radius 1 is 1.04 bits per heavy atom. The molecule has 1 atom stereocenters. The smallest absolute Gasteiger partial charge is 0.150 e. The molecule has 1 aliphatic rings. The van der Waals surface area contributed by atoms with Crippen molar-refractivity contribution in [2.45, 2.75) is 45.8 Å². The summed E-state index contributed by atoms with van der Waals surface area (Å²) in [5.74, 6) is -1.33. The molecule has 27 heavy (non-hydrogen) atoms. The molecule has 0 amide bonds. The second-order valence-corrected chi connectivity index (χ2v) is 7.35. The molecule has 1 aromatic heterocycles. The first kappa shape index (κ1) is 18.1. The van der Waals surface area contributed by atoms with Crippen LogP contribution in [0.25, 0.3) is 10.9 Å². The molecule has 0 fully saturated rings. The Morgan fingerprint density at radius 3 is 2.48 bits per heavy atom. The van der Waals surface area contributed by atoms with Gasteiger partial charge in [0.2, 0.25) is 0 Å². The number of halogens is 3. The number of fused-ring (bicyclic) bond motifs is 3. The van der Waals surface area contributed by atoms with Crippen LogP contribution in [0.1, 0.15) is 30.7 Å². The van der Waals surface area contributed by atoms with Gasteiger partial charge in [0.15, 0.2) is 0 Å². The highest BCUT2D eigenvalue weighted by Gasteiger charge is 2.29. The summed E-state index contributed by atoms with van der Waals surface area (Å²) in [5.41, 5.74) is 3.60. The van der Waals surface area contributed by atoms with E-state index in [1.807, 2.05) is 4.57 Å². The molecule has 0 saturated carbocycles. The fraction of sp³-hybridized carbons (Fsp3) is 0.364. The summed E-state index contributed by atoms with van der Waals surface area (Å²) in [6.07, 6.45) is 1.47. The average Bonchev–Trinajstić information content (AvgIpc) is 2.93. The predicted molar refractivity (Wildman–Crippen MR) is 101 cm³/mol. The minimum atomic E-state index is -0.542. The topological polar surface area (TPSA) is 8.17 Å². The lowest BCUT2D eigenvalue weighted by Crippen LogP contribution is -2.38. The zero-order chi connectivity index (χ0) is 19.1. The van der Waals surface area contributed by atoms with Gasteiger partial charge in [0.25, 0.3) is 0 Å². The van der Waals surface area contributed by atoms with E-state index in [0.29, 0.717) is 36.5 Å². The lowest BCUT2D eigenvalue weighted by Gasteiger charge is -2.33. The Morgan fingerprint density at radius 2 is 1.78 bits per heavy atom. The van der Waals surface area contributed by atoms with E-state index in [2.05, 4.69) is 18.7 Å². The van der Waals surface area contributed by atoms with Crippen molar-refractivity contribution >= 4 is 10.9 Å². The molecule has 4 rings (SSSR count). The van der Waals surface area contributed by atoms with Crippen LogP contribution in [0, 0.1) is 17.5 Å². The van der Waals surface area contributed by atoms with Crippen LogP contribution in [0.3, 0.4) is 0 Å². The summed E-state index contributed by atoms with van der Waals surface area (Å²) < 4.78 is 43.8. The molecule has 1 unspecified atom stereocenters. The quantitative estimate of drug-likeness (QED) is 0.621. The van der Waals surface area contributed by atoms with Crippen molar-refractivity contribution in [1.29, 1.82) is 0 Å². The maximum absolute atomic E-state index is 14.7. The van der Waals surface area contributed by atoms with Crippen molar-refractivity contribution in [3.05, 3.63) is 70.7 Å². The number of nitrogens with zero attached hydrogens (tertiary/aromatic N) is 2. The van der Waals surface area contributed by atoms with E-state index in [1.165, 1.54) is 18.2 Å². The van der Waals surface area contributed by atoms with Crippen LogP contribution in [0.2, 0.25) is 0 Å². The van der Waals surface area contributed by atoms with Crippen LogP contribution in [0.4, 0.5) is 13.2 Å². The van der Waals surface area contributed by atoms with Gasteiger partial charge >= 0.3 is 0 Å². The number of hydrogen-bond acceptors (Lipinski definition) is 1. The second kappa shape index (κ2) is 7.04. The summed E-state index contributed by atoms with van der Waals surface area (Å²) in [4.78, 5) is 2.33. The molecule has 3 aromatic rings. The largest absolute Gasteiger partial charge is 0.341 e. The fourth-order valence-corrected chi connectivity index (χ4v) is 4.26. The standard InChI is InChI=1S/C22H23F3N2/c1-3-26-13-19-18-11-17(24)12-20(25)22(18)27(21(19)10-14(26)2)9-8-15-4-6-16(23)7-5-15/h4-7,11-12,14H,3,8-10,13H2,1-2H3. The molecule has 0 spiro atoms. The third kappa shape index (κ3) is 3.25. The highest BCUT2D eigenvalue weighted by atomic mass is 19.1. The minimum absolute atomic E-state index is 0.266. The molecular weight excluding hydrogens is 349 g/mol. The molecule has 0 radical (unpaired) electrons. The molecule has 0 aliphatic carbocycles. The number of hydrogen-bond donors (Lipinski definition) is 0. The molecule has 2 heterocycles. The Kier molecular flexibility index (Phi) is 4.72. The van der Waals surface area contributed by atoms with Crippen LogP contribution in [-0.4, -0.2) is 22.1 Å². The van der Waals surface area contributed by atoms with Gasteiger partial charge in [-0.15, -0.1) is 0 Å². The van der Waals surface area contributed by atoms with Gasteiger partial charge in [-0.05, 0) is 49.2 Å². The number of likely N-dealkylation sites (N-methyl/N-ethyl adjacent to an activating group) is 1. The Balaban J connectivity index is 1.79. The predicted octanol–water partition coefficient (Wildman–Crippen LogP) is 5.07. The van der Waals surface area contributed by atoms with E-state index in [4.69, 9.17) is 0 Å². The third-order valence-corrected chi connectivity index (χ3v) is 5.71. The summed E-state index contributed by atoms with van der Waals surface area (Å²) in [6.45, 7) is 6.47. The second-order valence-electron chi connectivity index (χ2n) is 7.35. The highest BCUT2D eigenvalue weighted by Crippen LogP contribution is 2.35. The van der Waals surface area contributed by atoms with E-state index in [-0.39, 0.29) is 5.82 Å². The van der Waals surface area contributed by atoms with Gasteiger partial charge in [0.1, 0.15) is 17.5 Å². The Labute approximate surface area is 157 Å². The number of rotatable bonds is 4. The first-order valence-electron chi connectivity index (χ1n) is 9.45. The van der Waals surface area contributed by atoms with Crippen molar-refractivity contribution in [1.82, 2.24) is 9.47 Å². The van der Waals surface area contributed by atoms with E-state index in [9.17, 15) is 13.2 Å². The van der Waals surface area contributed by atoms with Gasteiger partial charge in [0.05, 0.1) is 5.52 Å². The summed E-state index contributed by atoms with van der Waals surface area (Å²) >= 11 is 0. The lowest BCUT2D eigenvalue weighted by molar-refractivity contribution is 0.192. The van der Waals surface area contributed by atoms with Crippen molar-refractivity contribution in [3.8, 4) is 0 Å². The highest BCUT2D eigenvalue weighted by molar-refractivity contribution is 5.86. The molecule has 2 aromatic carbocycles. The summed E-state index contributed by atoms with van der Waals surface area (Å²) in [6, 6.07) is 9.16. The fourth-order valence-electron chi connectivity index (χ4n) is 4.26. The van der Waals surface area contributed by atoms with Crippen LogP contribution >= 0.6 is 0 Å². The van der Waals surface area contributed by atoms with E-state index in [0.717, 1.165) is 35.9 Å². The van der Waals surface area contributed by atoms with Crippen molar-refractivity contribution in [2.75, 3.05) is 6.54 Å². The molecule has 0 N–H and O–H groups in total. The van der Waals surface area contributed by atoms with E-state index >= 15 is 0 Å². The molecule has 0 bridgehead atoms. The molecule has 142 valence electrons. The number of aromatic nitrogens is 1. The molecule has 1 aliphatic heterocycles. The molecule has 5 heteroatoms. The summed E-state index contributed by atoms with van der Waals surface area (Å²) in [7, 11) is 0. The lowest BCUT2D eigenvalue weighted by atomic mass is 9.99. The van der Waals surface area contributed by atoms with Gasteiger partial charge in [-0.25, -0.2) is 13.2 Å². The van der Waals surface area contributed by atoms with E-state index in [1.54, 1.807) is 12.1 Å². The van der Waals surface area contributed by atoms with Gasteiger partial charge in [-0.1, -0.05) is 19.1 Å². The van der Waals surface area contributed by atoms with Crippen molar-refractivity contribution in [3.63, 3.8) is 0 Å². The minimum Gasteiger partial charge on any atom is -0.341 e. The summed E-state index contributed by atoms with van der Waals surface area (Å²) in [5, 5.41) is 0.673. The van der Waals surface area contributed by atoms with Crippen molar-refractivity contribution < 1.29 is 13.2 Å². The molecule has 2 nitrogen and oxygen atoms in total. The maximum atomic E-state index is 14.7. The van der Waals surface area contributed by atoms with Crippen LogP contribution in [-0.2, 0) is 25.9 Å². The Bertz CT molecular complexity index is 976. The average molecular weight is 372 g/mol. The number of benzene rings is 2. The number of aryl methyl sites for hydroxylation is 2. The Hall–Kier alpha value is -2.27. The van der Waals surface area contributed by atoms with Crippen molar-refractivity contribution in [2.24, 2.45) is 0 Å². The third-order valence-electron chi connectivity index (χ3n) is 5.71. The van der Waals surface area contributed by atoms with Gasteiger partial charge in [-0.3, -0.25) is 4.90 Å². The van der Waals surface area contributed by atoms with E-state index < -0.39 is 11.6 Å².